The molecular weight excluding hydrogens is 270 g/mol. The van der Waals surface area contributed by atoms with Crippen LogP contribution in [-0.2, 0) is 16.0 Å². The minimum Gasteiger partial charge on any atom is -0.497 e. The molecule has 0 aromatic heterocycles. The number of carboxylic acids is 1. The first-order valence-corrected chi connectivity index (χ1v) is 7.24. The lowest BCUT2D eigenvalue weighted by Crippen LogP contribution is -2.35. The molecule has 1 aliphatic rings. The maximum atomic E-state index is 12.3. The van der Waals surface area contributed by atoms with E-state index < -0.39 is 5.97 Å². The van der Waals surface area contributed by atoms with E-state index in [0.717, 1.165) is 24.2 Å². The van der Waals surface area contributed by atoms with Crippen LogP contribution in [0.2, 0.25) is 0 Å². The van der Waals surface area contributed by atoms with Crippen molar-refractivity contribution in [1.29, 1.82) is 0 Å². The van der Waals surface area contributed by atoms with E-state index in [4.69, 9.17) is 9.84 Å². The van der Waals surface area contributed by atoms with Crippen molar-refractivity contribution in [3.8, 4) is 5.75 Å². The van der Waals surface area contributed by atoms with Gasteiger partial charge >= 0.3 is 5.97 Å². The molecule has 2 rings (SSSR count). The summed E-state index contributed by atoms with van der Waals surface area (Å²) >= 11 is 0. The van der Waals surface area contributed by atoms with E-state index in [1.54, 1.807) is 12.0 Å². The monoisotopic (exact) mass is 291 g/mol. The molecule has 0 unspecified atom stereocenters. The molecule has 1 amide bonds. The Hall–Kier alpha value is -2.04. The average Bonchev–Trinajstić information content (AvgIpc) is 3.30. The largest absolute Gasteiger partial charge is 0.497 e. The number of carboxylic acid groups (broad SMARTS) is 1. The SMILES string of the molecule is COc1cccc(CCC(=O)N(CCC(=O)O)C2CC2)c1. The van der Waals surface area contributed by atoms with Crippen LogP contribution in [0.3, 0.4) is 0 Å². The van der Waals surface area contributed by atoms with Crippen LogP contribution in [0.25, 0.3) is 0 Å². The standard InChI is InChI=1S/C16H21NO4/c1-21-14-4-2-3-12(11-14)5-8-15(18)17(13-6-7-13)10-9-16(19)20/h2-4,11,13H,5-10H2,1H3,(H,19,20). The summed E-state index contributed by atoms with van der Waals surface area (Å²) in [5.74, 6) is -0.0345. The quantitative estimate of drug-likeness (QED) is 0.796. The van der Waals surface area contributed by atoms with Crippen molar-refractivity contribution in [3.63, 3.8) is 0 Å². The number of amides is 1. The smallest absolute Gasteiger partial charge is 0.305 e. The van der Waals surface area contributed by atoms with Crippen molar-refractivity contribution < 1.29 is 19.4 Å². The van der Waals surface area contributed by atoms with Crippen molar-refractivity contribution in [2.24, 2.45) is 0 Å². The van der Waals surface area contributed by atoms with Gasteiger partial charge in [0, 0.05) is 19.0 Å². The van der Waals surface area contributed by atoms with Crippen LogP contribution in [-0.4, -0.2) is 41.6 Å². The Kier molecular flexibility index (Phi) is 5.20. The molecular formula is C16H21NO4. The van der Waals surface area contributed by atoms with E-state index in [9.17, 15) is 9.59 Å². The zero-order valence-corrected chi connectivity index (χ0v) is 12.2. The predicted octanol–water partition coefficient (Wildman–Crippen LogP) is 2.09. The summed E-state index contributed by atoms with van der Waals surface area (Å²) in [6.07, 6.45) is 3.05. The zero-order chi connectivity index (χ0) is 15.2. The Morgan fingerprint density at radius 3 is 2.71 bits per heavy atom. The summed E-state index contributed by atoms with van der Waals surface area (Å²) in [4.78, 5) is 24.7. The fourth-order valence-corrected chi connectivity index (χ4v) is 2.34. The molecule has 114 valence electrons. The van der Waals surface area contributed by atoms with Crippen molar-refractivity contribution in [2.75, 3.05) is 13.7 Å². The molecule has 0 radical (unpaired) electrons. The Morgan fingerprint density at radius 2 is 2.10 bits per heavy atom. The summed E-state index contributed by atoms with van der Waals surface area (Å²) in [6, 6.07) is 7.92. The Bertz CT molecular complexity index is 511. The Balaban J connectivity index is 1.87. The third kappa shape index (κ3) is 4.77. The average molecular weight is 291 g/mol. The molecule has 5 nitrogen and oxygen atoms in total. The molecule has 1 aromatic carbocycles. The van der Waals surface area contributed by atoms with Gasteiger partial charge in [0.05, 0.1) is 13.5 Å². The molecule has 0 heterocycles. The number of ether oxygens (including phenoxy) is 1. The van der Waals surface area contributed by atoms with Gasteiger partial charge < -0.3 is 14.7 Å². The Morgan fingerprint density at radius 1 is 1.33 bits per heavy atom. The second kappa shape index (κ2) is 7.11. The normalized spacial score (nSPS) is 13.8. The van der Waals surface area contributed by atoms with Gasteiger partial charge in [-0.2, -0.15) is 0 Å². The van der Waals surface area contributed by atoms with Crippen LogP contribution >= 0.6 is 0 Å². The van der Waals surface area contributed by atoms with Gasteiger partial charge in [-0.25, -0.2) is 0 Å². The highest BCUT2D eigenvalue weighted by Gasteiger charge is 2.32. The molecule has 0 bridgehead atoms. The highest BCUT2D eigenvalue weighted by molar-refractivity contribution is 5.78. The van der Waals surface area contributed by atoms with Gasteiger partial charge in [-0.1, -0.05) is 12.1 Å². The topological polar surface area (TPSA) is 66.8 Å². The van der Waals surface area contributed by atoms with Gasteiger partial charge in [0.1, 0.15) is 5.75 Å². The second-order valence-corrected chi connectivity index (χ2v) is 5.31. The molecule has 1 aromatic rings. The molecule has 0 atom stereocenters. The summed E-state index contributed by atoms with van der Waals surface area (Å²) < 4.78 is 5.16. The number of benzene rings is 1. The highest BCUT2D eigenvalue weighted by atomic mass is 16.5. The first-order chi connectivity index (χ1) is 10.1. The fraction of sp³-hybridized carbons (Fsp3) is 0.500. The minimum absolute atomic E-state index is 0.0153. The number of nitrogens with zero attached hydrogens (tertiary/aromatic N) is 1. The molecule has 1 saturated carbocycles. The third-order valence-electron chi connectivity index (χ3n) is 3.64. The third-order valence-corrected chi connectivity index (χ3v) is 3.64. The van der Waals surface area contributed by atoms with Crippen LogP contribution in [0.4, 0.5) is 0 Å². The highest BCUT2D eigenvalue weighted by Crippen LogP contribution is 2.28. The molecule has 1 N–H and O–H groups in total. The van der Waals surface area contributed by atoms with Crippen LogP contribution in [0.1, 0.15) is 31.2 Å². The Labute approximate surface area is 124 Å². The number of carbonyl (C=O) groups is 2. The van der Waals surface area contributed by atoms with E-state index in [0.29, 0.717) is 19.4 Å². The maximum Gasteiger partial charge on any atom is 0.305 e. The van der Waals surface area contributed by atoms with E-state index in [1.165, 1.54) is 0 Å². The lowest BCUT2D eigenvalue weighted by Gasteiger charge is -2.21. The molecule has 1 aliphatic carbocycles. The number of hydrogen-bond acceptors (Lipinski definition) is 3. The van der Waals surface area contributed by atoms with Crippen molar-refractivity contribution in [1.82, 2.24) is 4.90 Å². The first kappa shape index (κ1) is 15.4. The number of aliphatic carboxylic acids is 1. The van der Waals surface area contributed by atoms with Gasteiger partial charge in [0.25, 0.3) is 0 Å². The van der Waals surface area contributed by atoms with E-state index in [2.05, 4.69) is 0 Å². The predicted molar refractivity (Wildman–Crippen MR) is 78.3 cm³/mol. The molecule has 0 saturated heterocycles. The molecule has 0 aliphatic heterocycles. The number of methoxy groups -OCH3 is 1. The number of carbonyl (C=O) groups excluding carboxylic acids is 1. The van der Waals surface area contributed by atoms with Gasteiger partial charge in [-0.15, -0.1) is 0 Å². The lowest BCUT2D eigenvalue weighted by molar-refractivity contribution is -0.138. The van der Waals surface area contributed by atoms with E-state index in [-0.39, 0.29) is 18.4 Å². The lowest BCUT2D eigenvalue weighted by atomic mass is 10.1. The van der Waals surface area contributed by atoms with Crippen molar-refractivity contribution in [2.45, 2.75) is 38.1 Å². The van der Waals surface area contributed by atoms with Crippen molar-refractivity contribution in [3.05, 3.63) is 29.8 Å². The summed E-state index contributed by atoms with van der Waals surface area (Å²) in [5, 5.41) is 8.76. The van der Waals surface area contributed by atoms with Gasteiger partial charge in [-0.05, 0) is 37.0 Å². The van der Waals surface area contributed by atoms with Gasteiger partial charge in [-0.3, -0.25) is 9.59 Å². The van der Waals surface area contributed by atoms with Crippen molar-refractivity contribution >= 4 is 11.9 Å². The van der Waals surface area contributed by atoms with E-state index in [1.807, 2.05) is 24.3 Å². The van der Waals surface area contributed by atoms with Crippen LogP contribution in [0.5, 0.6) is 5.75 Å². The van der Waals surface area contributed by atoms with Gasteiger partial charge in [0.2, 0.25) is 5.91 Å². The summed E-state index contributed by atoms with van der Waals surface area (Å²) in [5.41, 5.74) is 1.05. The molecule has 5 heteroatoms. The number of hydrogen-bond donors (Lipinski definition) is 1. The zero-order valence-electron chi connectivity index (χ0n) is 12.2. The minimum atomic E-state index is -0.860. The second-order valence-electron chi connectivity index (χ2n) is 5.31. The number of rotatable bonds is 8. The van der Waals surface area contributed by atoms with Gasteiger partial charge in [0.15, 0.2) is 0 Å². The summed E-state index contributed by atoms with van der Waals surface area (Å²) in [7, 11) is 1.62. The maximum absolute atomic E-state index is 12.3. The molecule has 0 spiro atoms. The van der Waals surface area contributed by atoms with Crippen LogP contribution < -0.4 is 4.74 Å². The summed E-state index contributed by atoms with van der Waals surface area (Å²) in [6.45, 7) is 0.316. The van der Waals surface area contributed by atoms with Crippen LogP contribution in [0, 0.1) is 0 Å². The molecule has 1 fully saturated rings. The number of aryl methyl sites for hydroxylation is 1. The first-order valence-electron chi connectivity index (χ1n) is 7.24. The van der Waals surface area contributed by atoms with E-state index >= 15 is 0 Å². The fourth-order valence-electron chi connectivity index (χ4n) is 2.34. The van der Waals surface area contributed by atoms with Crippen LogP contribution in [0.15, 0.2) is 24.3 Å². The molecule has 21 heavy (non-hydrogen) atoms.